The Kier molecular flexibility index (Phi) is 4.36. The van der Waals surface area contributed by atoms with E-state index in [2.05, 4.69) is 10.0 Å². The Morgan fingerprint density at radius 1 is 1.05 bits per heavy atom. The lowest BCUT2D eigenvalue weighted by Crippen LogP contribution is -2.60. The maximum atomic E-state index is 12.5. The minimum absolute atomic E-state index is 0.116. The molecule has 0 aromatic carbocycles. The highest BCUT2D eigenvalue weighted by Crippen LogP contribution is 2.38. The van der Waals surface area contributed by atoms with Gasteiger partial charge in [0.25, 0.3) is 10.2 Å². The molecular weight excluding hydrogens is 274 g/mol. The zero-order valence-corrected chi connectivity index (χ0v) is 13.1. The fourth-order valence-electron chi connectivity index (χ4n) is 3.81. The fraction of sp³-hybridized carbons (Fsp3) is 1.00. The summed E-state index contributed by atoms with van der Waals surface area (Å²) >= 11 is 0. The standard InChI is InChI=1S/C14H27N3O2S/c18-20(19,17-10-3-1-2-4-11-17)16-13-6-9-15-14(12-13)7-5-8-14/h13,15-16H,1-12H2. The smallest absolute Gasteiger partial charge is 0.279 e. The van der Waals surface area contributed by atoms with Crippen LogP contribution >= 0.6 is 0 Å². The molecule has 20 heavy (non-hydrogen) atoms. The van der Waals surface area contributed by atoms with Gasteiger partial charge in [0.15, 0.2) is 0 Å². The van der Waals surface area contributed by atoms with E-state index in [9.17, 15) is 8.42 Å². The summed E-state index contributed by atoms with van der Waals surface area (Å²) in [4.78, 5) is 0. The van der Waals surface area contributed by atoms with Crippen molar-refractivity contribution in [1.29, 1.82) is 0 Å². The van der Waals surface area contributed by atoms with Gasteiger partial charge >= 0.3 is 0 Å². The maximum Gasteiger partial charge on any atom is 0.279 e. The first-order valence-electron chi connectivity index (χ1n) is 8.12. The van der Waals surface area contributed by atoms with E-state index in [0.717, 1.165) is 45.1 Å². The highest BCUT2D eigenvalue weighted by molar-refractivity contribution is 7.87. The van der Waals surface area contributed by atoms with Crippen molar-refractivity contribution >= 4 is 10.2 Å². The minimum Gasteiger partial charge on any atom is -0.311 e. The van der Waals surface area contributed by atoms with Gasteiger partial charge < -0.3 is 5.32 Å². The van der Waals surface area contributed by atoms with E-state index in [1.54, 1.807) is 4.31 Å². The van der Waals surface area contributed by atoms with Gasteiger partial charge in [-0.1, -0.05) is 12.8 Å². The lowest BCUT2D eigenvalue weighted by molar-refractivity contribution is 0.125. The first kappa shape index (κ1) is 14.8. The van der Waals surface area contributed by atoms with Gasteiger partial charge in [0.05, 0.1) is 0 Å². The molecule has 6 heteroatoms. The van der Waals surface area contributed by atoms with Crippen LogP contribution in [0.1, 0.15) is 57.8 Å². The van der Waals surface area contributed by atoms with Crippen molar-refractivity contribution in [2.45, 2.75) is 69.4 Å². The Morgan fingerprint density at radius 3 is 2.35 bits per heavy atom. The van der Waals surface area contributed by atoms with Crippen molar-refractivity contribution in [2.24, 2.45) is 0 Å². The summed E-state index contributed by atoms with van der Waals surface area (Å²) in [6.07, 6.45) is 9.86. The normalized spacial score (nSPS) is 31.7. The fourth-order valence-corrected chi connectivity index (χ4v) is 5.32. The van der Waals surface area contributed by atoms with Crippen molar-refractivity contribution in [2.75, 3.05) is 19.6 Å². The van der Waals surface area contributed by atoms with Crippen molar-refractivity contribution < 1.29 is 8.42 Å². The van der Waals surface area contributed by atoms with Crippen molar-refractivity contribution in [3.63, 3.8) is 0 Å². The first-order valence-corrected chi connectivity index (χ1v) is 9.56. The summed E-state index contributed by atoms with van der Waals surface area (Å²) in [7, 11) is -3.29. The third kappa shape index (κ3) is 3.18. The summed E-state index contributed by atoms with van der Waals surface area (Å²) in [6.45, 7) is 2.31. The maximum absolute atomic E-state index is 12.5. The number of nitrogens with one attached hydrogen (secondary N) is 2. The number of piperidine rings is 1. The van der Waals surface area contributed by atoms with Crippen LogP contribution in [0.15, 0.2) is 0 Å². The van der Waals surface area contributed by atoms with Gasteiger partial charge in [0, 0.05) is 24.7 Å². The number of nitrogens with zero attached hydrogens (tertiary/aromatic N) is 1. The van der Waals surface area contributed by atoms with Gasteiger partial charge in [-0.2, -0.15) is 17.4 Å². The molecule has 116 valence electrons. The second kappa shape index (κ2) is 5.91. The zero-order valence-electron chi connectivity index (χ0n) is 12.2. The SMILES string of the molecule is O=S(=O)(NC1CCNC2(CCC2)C1)N1CCCCCC1. The van der Waals surface area contributed by atoms with Crippen molar-refractivity contribution in [1.82, 2.24) is 14.3 Å². The molecule has 0 radical (unpaired) electrons. The summed E-state index contributed by atoms with van der Waals surface area (Å²) in [5.41, 5.74) is 0.240. The quantitative estimate of drug-likeness (QED) is 0.828. The van der Waals surface area contributed by atoms with E-state index in [1.165, 1.54) is 19.3 Å². The molecule has 1 aliphatic carbocycles. The van der Waals surface area contributed by atoms with Crippen LogP contribution in [0.5, 0.6) is 0 Å². The molecule has 2 saturated heterocycles. The number of rotatable bonds is 3. The van der Waals surface area contributed by atoms with Gasteiger partial charge in [-0.3, -0.25) is 0 Å². The molecule has 0 aromatic heterocycles. The molecule has 3 rings (SSSR count). The van der Waals surface area contributed by atoms with Crippen LogP contribution in [0.3, 0.4) is 0 Å². The zero-order chi connectivity index (χ0) is 14.1. The molecule has 3 fully saturated rings. The van der Waals surface area contributed by atoms with Crippen LogP contribution in [0.25, 0.3) is 0 Å². The lowest BCUT2D eigenvalue weighted by Gasteiger charge is -2.48. The number of hydrogen-bond acceptors (Lipinski definition) is 3. The predicted octanol–water partition coefficient (Wildman–Crippen LogP) is 1.37. The predicted molar refractivity (Wildman–Crippen MR) is 79.7 cm³/mol. The molecular formula is C14H27N3O2S. The Bertz CT molecular complexity index is 426. The van der Waals surface area contributed by atoms with Crippen molar-refractivity contribution in [3.8, 4) is 0 Å². The Hall–Kier alpha value is -0.170. The molecule has 2 N–H and O–H groups in total. The molecule has 1 spiro atoms. The average molecular weight is 301 g/mol. The highest BCUT2D eigenvalue weighted by Gasteiger charge is 2.42. The van der Waals surface area contributed by atoms with Gasteiger partial charge in [-0.15, -0.1) is 0 Å². The summed E-state index contributed by atoms with van der Waals surface area (Å²) in [5.74, 6) is 0. The summed E-state index contributed by atoms with van der Waals surface area (Å²) < 4.78 is 29.7. The van der Waals surface area contributed by atoms with Crippen LogP contribution in [0.4, 0.5) is 0 Å². The molecule has 0 aromatic rings. The molecule has 2 heterocycles. The average Bonchev–Trinajstić information content (AvgIpc) is 2.66. The van der Waals surface area contributed by atoms with E-state index in [4.69, 9.17) is 0 Å². The minimum atomic E-state index is -3.29. The Balaban J connectivity index is 1.60. The van der Waals surface area contributed by atoms with E-state index >= 15 is 0 Å². The van der Waals surface area contributed by atoms with E-state index in [0.29, 0.717) is 13.1 Å². The summed E-state index contributed by atoms with van der Waals surface area (Å²) in [5, 5.41) is 3.59. The van der Waals surface area contributed by atoms with Gasteiger partial charge in [0.2, 0.25) is 0 Å². The second-order valence-corrected chi connectivity index (χ2v) is 8.39. The third-order valence-corrected chi connectivity index (χ3v) is 6.84. The monoisotopic (exact) mass is 301 g/mol. The molecule has 0 bridgehead atoms. The third-order valence-electron chi connectivity index (χ3n) is 5.16. The van der Waals surface area contributed by atoms with Crippen LogP contribution in [0.2, 0.25) is 0 Å². The van der Waals surface area contributed by atoms with Gasteiger partial charge in [-0.05, 0) is 51.5 Å². The molecule has 1 saturated carbocycles. The number of hydrogen-bond donors (Lipinski definition) is 2. The van der Waals surface area contributed by atoms with Crippen LogP contribution in [-0.4, -0.2) is 43.9 Å². The van der Waals surface area contributed by atoms with Gasteiger partial charge in [0.1, 0.15) is 0 Å². The molecule has 2 aliphatic heterocycles. The Labute approximate surface area is 122 Å². The second-order valence-electron chi connectivity index (χ2n) is 6.69. The largest absolute Gasteiger partial charge is 0.311 e. The van der Waals surface area contributed by atoms with E-state index in [-0.39, 0.29) is 11.6 Å². The van der Waals surface area contributed by atoms with Crippen LogP contribution in [-0.2, 0) is 10.2 Å². The molecule has 3 aliphatic rings. The van der Waals surface area contributed by atoms with Crippen molar-refractivity contribution in [3.05, 3.63) is 0 Å². The van der Waals surface area contributed by atoms with E-state index < -0.39 is 10.2 Å². The Morgan fingerprint density at radius 2 is 1.75 bits per heavy atom. The molecule has 1 unspecified atom stereocenters. The lowest BCUT2D eigenvalue weighted by atomic mass is 9.70. The van der Waals surface area contributed by atoms with Crippen LogP contribution in [0, 0.1) is 0 Å². The summed E-state index contributed by atoms with van der Waals surface area (Å²) in [6, 6.07) is 0.116. The molecule has 1 atom stereocenters. The molecule has 0 amide bonds. The molecule has 5 nitrogen and oxygen atoms in total. The van der Waals surface area contributed by atoms with Gasteiger partial charge in [-0.25, -0.2) is 0 Å². The topological polar surface area (TPSA) is 61.4 Å². The first-order chi connectivity index (χ1) is 9.60. The highest BCUT2D eigenvalue weighted by atomic mass is 32.2. The van der Waals surface area contributed by atoms with Crippen LogP contribution < -0.4 is 10.0 Å². The van der Waals surface area contributed by atoms with E-state index in [1.807, 2.05) is 0 Å².